The molecular formula is C17H22FNS. The maximum absolute atomic E-state index is 13.1. The Balaban J connectivity index is 2.22. The first-order chi connectivity index (χ1) is 9.38. The average Bonchev–Trinajstić information content (AvgIpc) is 2.89. The Hall–Kier alpha value is -1.19. The summed E-state index contributed by atoms with van der Waals surface area (Å²) in [6.45, 7) is 8.78. The van der Waals surface area contributed by atoms with Crippen molar-refractivity contribution in [2.45, 2.75) is 39.8 Å². The fourth-order valence-corrected chi connectivity index (χ4v) is 3.12. The van der Waals surface area contributed by atoms with Crippen LogP contribution in [0.2, 0.25) is 0 Å². The average molecular weight is 291 g/mol. The number of rotatable bonds is 4. The van der Waals surface area contributed by atoms with Crippen LogP contribution in [0.1, 0.15) is 50.9 Å². The zero-order chi connectivity index (χ0) is 14.8. The van der Waals surface area contributed by atoms with E-state index in [0.29, 0.717) is 0 Å². The van der Waals surface area contributed by atoms with Gasteiger partial charge in [-0.3, -0.25) is 0 Å². The zero-order valence-corrected chi connectivity index (χ0v) is 13.3. The smallest absolute Gasteiger partial charge is 0.123 e. The summed E-state index contributed by atoms with van der Waals surface area (Å²) in [6.07, 6.45) is 0. The van der Waals surface area contributed by atoms with Crippen molar-refractivity contribution in [3.63, 3.8) is 0 Å². The molecule has 0 bridgehead atoms. The van der Waals surface area contributed by atoms with Gasteiger partial charge in [0.1, 0.15) is 5.82 Å². The molecule has 1 N–H and O–H groups in total. The Morgan fingerprint density at radius 3 is 2.20 bits per heavy atom. The first-order valence-electron chi connectivity index (χ1n) is 6.91. The van der Waals surface area contributed by atoms with Crippen molar-refractivity contribution in [1.82, 2.24) is 5.32 Å². The molecule has 2 atom stereocenters. The predicted octanol–water partition coefficient (Wildman–Crippen LogP) is 5.33. The van der Waals surface area contributed by atoms with Crippen LogP contribution in [-0.2, 0) is 0 Å². The normalized spacial score (nSPS) is 15.1. The van der Waals surface area contributed by atoms with E-state index in [2.05, 4.69) is 49.8 Å². The molecule has 0 saturated heterocycles. The van der Waals surface area contributed by atoms with Gasteiger partial charge in [-0.25, -0.2) is 4.39 Å². The molecule has 3 heteroatoms. The van der Waals surface area contributed by atoms with E-state index in [9.17, 15) is 4.39 Å². The minimum atomic E-state index is -0.188. The Labute approximate surface area is 124 Å². The lowest BCUT2D eigenvalue weighted by Crippen LogP contribution is -2.34. The second kappa shape index (κ2) is 6.06. The number of benzene rings is 1. The lowest BCUT2D eigenvalue weighted by molar-refractivity contribution is 0.254. The molecule has 2 unspecified atom stereocenters. The van der Waals surface area contributed by atoms with Gasteiger partial charge in [0.15, 0.2) is 0 Å². The van der Waals surface area contributed by atoms with Gasteiger partial charge in [-0.2, -0.15) is 11.3 Å². The largest absolute Gasteiger partial charge is 0.303 e. The van der Waals surface area contributed by atoms with Crippen molar-refractivity contribution in [3.05, 3.63) is 58.0 Å². The lowest BCUT2D eigenvalue weighted by Gasteiger charge is -2.34. The molecule has 2 aromatic rings. The van der Waals surface area contributed by atoms with Gasteiger partial charge in [0, 0.05) is 12.1 Å². The van der Waals surface area contributed by atoms with Gasteiger partial charge in [-0.15, -0.1) is 0 Å². The van der Waals surface area contributed by atoms with Gasteiger partial charge in [0.2, 0.25) is 0 Å². The van der Waals surface area contributed by atoms with Crippen molar-refractivity contribution in [3.8, 4) is 0 Å². The van der Waals surface area contributed by atoms with Gasteiger partial charge < -0.3 is 5.32 Å². The van der Waals surface area contributed by atoms with Crippen molar-refractivity contribution >= 4 is 11.3 Å². The Morgan fingerprint density at radius 1 is 1.05 bits per heavy atom. The van der Waals surface area contributed by atoms with Crippen LogP contribution in [-0.4, -0.2) is 0 Å². The van der Waals surface area contributed by atoms with Crippen molar-refractivity contribution in [1.29, 1.82) is 0 Å². The first-order valence-corrected chi connectivity index (χ1v) is 7.86. The van der Waals surface area contributed by atoms with E-state index >= 15 is 0 Å². The third-order valence-corrected chi connectivity index (χ3v) is 4.23. The molecule has 1 heterocycles. The molecule has 0 aliphatic carbocycles. The maximum Gasteiger partial charge on any atom is 0.123 e. The molecule has 2 rings (SSSR count). The van der Waals surface area contributed by atoms with Crippen LogP contribution >= 0.6 is 11.3 Å². The van der Waals surface area contributed by atoms with Crippen molar-refractivity contribution in [2.75, 3.05) is 0 Å². The highest BCUT2D eigenvalue weighted by Gasteiger charge is 2.27. The van der Waals surface area contributed by atoms with Crippen molar-refractivity contribution in [2.24, 2.45) is 5.41 Å². The van der Waals surface area contributed by atoms with Gasteiger partial charge in [0.25, 0.3) is 0 Å². The van der Waals surface area contributed by atoms with E-state index in [1.807, 2.05) is 12.1 Å². The van der Waals surface area contributed by atoms with Crippen LogP contribution in [0.25, 0.3) is 0 Å². The fraction of sp³-hybridized carbons (Fsp3) is 0.412. The minimum absolute atomic E-state index is 0.0576. The molecule has 0 amide bonds. The molecule has 20 heavy (non-hydrogen) atoms. The van der Waals surface area contributed by atoms with Gasteiger partial charge >= 0.3 is 0 Å². The van der Waals surface area contributed by atoms with E-state index in [4.69, 9.17) is 0 Å². The highest BCUT2D eigenvalue weighted by atomic mass is 32.1. The quantitative estimate of drug-likeness (QED) is 0.803. The molecule has 1 aromatic carbocycles. The molecule has 0 fully saturated rings. The molecule has 0 radical (unpaired) electrons. The van der Waals surface area contributed by atoms with Crippen LogP contribution < -0.4 is 5.32 Å². The van der Waals surface area contributed by atoms with Gasteiger partial charge in [-0.1, -0.05) is 32.9 Å². The molecular weight excluding hydrogens is 269 g/mol. The summed E-state index contributed by atoms with van der Waals surface area (Å²) in [5, 5.41) is 7.94. The summed E-state index contributed by atoms with van der Waals surface area (Å²) in [7, 11) is 0. The third kappa shape index (κ3) is 3.68. The summed E-state index contributed by atoms with van der Waals surface area (Å²) in [4.78, 5) is 0. The van der Waals surface area contributed by atoms with E-state index in [1.54, 1.807) is 11.3 Å². The standard InChI is InChI=1S/C17H22FNS/c1-12(14-9-10-20-11-14)19-16(17(2,3)4)13-5-7-15(18)8-6-13/h5-12,16,19H,1-4H3. The van der Waals surface area contributed by atoms with E-state index in [0.717, 1.165) is 5.56 Å². The monoisotopic (exact) mass is 291 g/mol. The predicted molar refractivity (Wildman–Crippen MR) is 84.5 cm³/mol. The fourth-order valence-electron chi connectivity index (χ4n) is 2.37. The summed E-state index contributed by atoms with van der Waals surface area (Å²) >= 11 is 1.71. The number of nitrogens with one attached hydrogen (secondary N) is 1. The van der Waals surface area contributed by atoms with Crippen LogP contribution in [0.5, 0.6) is 0 Å². The lowest BCUT2D eigenvalue weighted by atomic mass is 9.81. The Kier molecular flexibility index (Phi) is 4.61. The SMILES string of the molecule is CC(NC(c1ccc(F)cc1)C(C)(C)C)c1ccsc1. The molecule has 108 valence electrons. The molecule has 0 spiro atoms. The van der Waals surface area contributed by atoms with Gasteiger partial charge in [0.05, 0.1) is 0 Å². The number of thiophene rings is 1. The summed E-state index contributed by atoms with van der Waals surface area (Å²) in [5.41, 5.74) is 2.48. The summed E-state index contributed by atoms with van der Waals surface area (Å²) in [5.74, 6) is -0.188. The van der Waals surface area contributed by atoms with Crippen LogP contribution in [0, 0.1) is 11.2 Å². The zero-order valence-electron chi connectivity index (χ0n) is 12.5. The first kappa shape index (κ1) is 15.2. The molecule has 0 aliphatic heterocycles. The van der Waals surface area contributed by atoms with Gasteiger partial charge in [-0.05, 0) is 52.4 Å². The van der Waals surface area contributed by atoms with Crippen LogP contribution in [0.4, 0.5) is 4.39 Å². The molecule has 0 aliphatic rings. The summed E-state index contributed by atoms with van der Waals surface area (Å²) in [6, 6.07) is 9.41. The van der Waals surface area contributed by atoms with Crippen LogP contribution in [0.3, 0.4) is 0 Å². The highest BCUT2D eigenvalue weighted by molar-refractivity contribution is 7.07. The topological polar surface area (TPSA) is 12.0 Å². The number of hydrogen-bond acceptors (Lipinski definition) is 2. The third-order valence-electron chi connectivity index (χ3n) is 3.53. The van der Waals surface area contributed by atoms with E-state index < -0.39 is 0 Å². The molecule has 0 saturated carbocycles. The molecule has 1 nitrogen and oxygen atoms in total. The second-order valence-electron chi connectivity index (χ2n) is 6.30. The Morgan fingerprint density at radius 2 is 1.70 bits per heavy atom. The number of halogens is 1. The maximum atomic E-state index is 13.1. The van der Waals surface area contributed by atoms with E-state index in [1.165, 1.54) is 17.7 Å². The highest BCUT2D eigenvalue weighted by Crippen LogP contribution is 2.35. The summed E-state index contributed by atoms with van der Waals surface area (Å²) < 4.78 is 13.1. The number of hydrogen-bond donors (Lipinski definition) is 1. The van der Waals surface area contributed by atoms with Crippen LogP contribution in [0.15, 0.2) is 41.1 Å². The second-order valence-corrected chi connectivity index (χ2v) is 7.08. The van der Waals surface area contributed by atoms with E-state index in [-0.39, 0.29) is 23.3 Å². The minimum Gasteiger partial charge on any atom is -0.303 e. The molecule has 1 aromatic heterocycles. The Bertz CT molecular complexity index is 525. The van der Waals surface area contributed by atoms with Crippen molar-refractivity contribution < 1.29 is 4.39 Å².